The summed E-state index contributed by atoms with van der Waals surface area (Å²) in [5, 5.41) is 0. The lowest BCUT2D eigenvalue weighted by molar-refractivity contribution is -0.137. The van der Waals surface area contributed by atoms with Crippen LogP contribution in [0.3, 0.4) is 0 Å². The van der Waals surface area contributed by atoms with Crippen LogP contribution in [-0.4, -0.2) is 28.9 Å². The zero-order valence-electron chi connectivity index (χ0n) is 12.3. The SMILES string of the molecule is O=C(c1cccnc1)N1CC[C@@H](c2cccc(C(F)(F)F)c2)C1. The summed E-state index contributed by atoms with van der Waals surface area (Å²) >= 11 is 0. The van der Waals surface area contributed by atoms with Crippen LogP contribution in [0.15, 0.2) is 48.8 Å². The minimum Gasteiger partial charge on any atom is -0.338 e. The summed E-state index contributed by atoms with van der Waals surface area (Å²) in [4.78, 5) is 17.9. The Balaban J connectivity index is 1.74. The van der Waals surface area contributed by atoms with Gasteiger partial charge < -0.3 is 4.90 Å². The smallest absolute Gasteiger partial charge is 0.338 e. The first-order valence-electron chi connectivity index (χ1n) is 7.31. The Kier molecular flexibility index (Phi) is 4.07. The number of rotatable bonds is 2. The number of likely N-dealkylation sites (tertiary alicyclic amines) is 1. The number of hydrogen-bond donors (Lipinski definition) is 0. The van der Waals surface area contributed by atoms with Crippen molar-refractivity contribution < 1.29 is 18.0 Å². The Bertz CT molecular complexity index is 700. The Labute approximate surface area is 131 Å². The van der Waals surface area contributed by atoms with Crippen LogP contribution in [0.25, 0.3) is 0 Å². The number of alkyl halides is 3. The molecule has 1 aliphatic rings. The van der Waals surface area contributed by atoms with Gasteiger partial charge in [0, 0.05) is 31.4 Å². The van der Waals surface area contributed by atoms with Gasteiger partial charge in [-0.2, -0.15) is 13.2 Å². The van der Waals surface area contributed by atoms with Crippen LogP contribution in [0, 0.1) is 0 Å². The molecule has 0 saturated carbocycles. The van der Waals surface area contributed by atoms with Gasteiger partial charge in [0.05, 0.1) is 11.1 Å². The molecular weight excluding hydrogens is 305 g/mol. The van der Waals surface area contributed by atoms with Crippen molar-refractivity contribution in [2.75, 3.05) is 13.1 Å². The van der Waals surface area contributed by atoms with E-state index in [1.54, 1.807) is 29.3 Å². The highest BCUT2D eigenvalue weighted by atomic mass is 19.4. The maximum absolute atomic E-state index is 12.8. The molecule has 0 unspecified atom stereocenters. The summed E-state index contributed by atoms with van der Waals surface area (Å²) in [7, 11) is 0. The van der Waals surface area contributed by atoms with E-state index in [0.29, 0.717) is 30.6 Å². The summed E-state index contributed by atoms with van der Waals surface area (Å²) in [6.07, 6.45) is -0.598. The number of halogens is 3. The van der Waals surface area contributed by atoms with Gasteiger partial charge in [0.2, 0.25) is 0 Å². The Morgan fingerprint density at radius 1 is 1.22 bits per heavy atom. The molecule has 3 nitrogen and oxygen atoms in total. The van der Waals surface area contributed by atoms with E-state index in [2.05, 4.69) is 4.98 Å². The fourth-order valence-electron chi connectivity index (χ4n) is 2.86. The lowest BCUT2D eigenvalue weighted by Gasteiger charge is -2.17. The molecule has 6 heteroatoms. The first-order chi connectivity index (χ1) is 10.9. The molecule has 120 valence electrons. The van der Waals surface area contributed by atoms with Crippen molar-refractivity contribution in [2.24, 2.45) is 0 Å². The topological polar surface area (TPSA) is 33.2 Å². The van der Waals surface area contributed by atoms with Crippen molar-refractivity contribution in [3.05, 3.63) is 65.5 Å². The minimum absolute atomic E-state index is 0.0714. The maximum atomic E-state index is 12.8. The molecule has 2 heterocycles. The average molecular weight is 320 g/mol. The third kappa shape index (κ3) is 3.36. The molecule has 1 amide bonds. The standard InChI is InChI=1S/C17H15F3N2O/c18-17(19,20)15-5-1-3-12(9-15)14-6-8-22(11-14)16(23)13-4-2-7-21-10-13/h1-5,7,9-10,14H,6,8,11H2/t14-/m1/s1. The van der Waals surface area contributed by atoms with E-state index < -0.39 is 11.7 Å². The highest BCUT2D eigenvalue weighted by molar-refractivity contribution is 5.94. The van der Waals surface area contributed by atoms with Gasteiger partial charge in [0.15, 0.2) is 0 Å². The second kappa shape index (κ2) is 6.02. The van der Waals surface area contributed by atoms with Crippen LogP contribution in [0.2, 0.25) is 0 Å². The number of nitrogens with zero attached hydrogens (tertiary/aromatic N) is 2. The van der Waals surface area contributed by atoms with Gasteiger partial charge in [-0.05, 0) is 30.2 Å². The van der Waals surface area contributed by atoms with E-state index in [4.69, 9.17) is 0 Å². The predicted octanol–water partition coefficient (Wildman–Crippen LogP) is 3.73. The van der Waals surface area contributed by atoms with Gasteiger partial charge in [-0.3, -0.25) is 9.78 Å². The van der Waals surface area contributed by atoms with Gasteiger partial charge in [0.1, 0.15) is 0 Å². The number of carbonyl (C=O) groups excluding carboxylic acids is 1. The molecule has 1 aromatic carbocycles. The Morgan fingerprint density at radius 3 is 2.74 bits per heavy atom. The molecule has 2 aromatic rings. The normalized spacial score (nSPS) is 18.2. The molecule has 3 rings (SSSR count). The molecular formula is C17H15F3N2O. The van der Waals surface area contributed by atoms with Crippen molar-refractivity contribution >= 4 is 5.91 Å². The molecule has 0 radical (unpaired) electrons. The zero-order chi connectivity index (χ0) is 16.4. The number of pyridine rings is 1. The largest absolute Gasteiger partial charge is 0.416 e. The summed E-state index contributed by atoms with van der Waals surface area (Å²) < 4.78 is 38.4. The van der Waals surface area contributed by atoms with Crippen LogP contribution in [0.5, 0.6) is 0 Å². The van der Waals surface area contributed by atoms with Gasteiger partial charge in [-0.1, -0.05) is 18.2 Å². The van der Waals surface area contributed by atoms with Crippen molar-refractivity contribution in [2.45, 2.75) is 18.5 Å². The molecule has 23 heavy (non-hydrogen) atoms. The number of amides is 1. The second-order valence-electron chi connectivity index (χ2n) is 5.60. The molecule has 0 bridgehead atoms. The van der Waals surface area contributed by atoms with E-state index >= 15 is 0 Å². The second-order valence-corrected chi connectivity index (χ2v) is 5.60. The van der Waals surface area contributed by atoms with Gasteiger partial charge in [0.25, 0.3) is 5.91 Å². The molecule has 0 aliphatic carbocycles. The summed E-state index contributed by atoms with van der Waals surface area (Å²) in [5.41, 5.74) is 0.477. The first-order valence-corrected chi connectivity index (χ1v) is 7.31. The zero-order valence-corrected chi connectivity index (χ0v) is 12.3. The van der Waals surface area contributed by atoms with Crippen molar-refractivity contribution in [1.82, 2.24) is 9.88 Å². The van der Waals surface area contributed by atoms with Gasteiger partial charge >= 0.3 is 6.18 Å². The fraction of sp³-hybridized carbons (Fsp3) is 0.294. The van der Waals surface area contributed by atoms with Crippen LogP contribution in [0.4, 0.5) is 13.2 Å². The molecule has 0 spiro atoms. The van der Waals surface area contributed by atoms with Gasteiger partial charge in [-0.15, -0.1) is 0 Å². The van der Waals surface area contributed by atoms with Gasteiger partial charge in [-0.25, -0.2) is 0 Å². The van der Waals surface area contributed by atoms with E-state index in [1.165, 1.54) is 18.3 Å². The van der Waals surface area contributed by atoms with E-state index in [-0.39, 0.29) is 11.8 Å². The average Bonchev–Trinajstić information content (AvgIpc) is 3.04. The van der Waals surface area contributed by atoms with Crippen molar-refractivity contribution in [3.8, 4) is 0 Å². The fourth-order valence-corrected chi connectivity index (χ4v) is 2.86. The molecule has 1 aliphatic heterocycles. The number of benzene rings is 1. The molecule has 1 fully saturated rings. The lowest BCUT2D eigenvalue weighted by Crippen LogP contribution is -2.28. The number of carbonyl (C=O) groups is 1. The number of hydrogen-bond acceptors (Lipinski definition) is 2. The van der Waals surface area contributed by atoms with Crippen LogP contribution in [0.1, 0.15) is 33.8 Å². The van der Waals surface area contributed by atoms with Crippen molar-refractivity contribution in [1.29, 1.82) is 0 Å². The van der Waals surface area contributed by atoms with E-state index in [1.807, 2.05) is 0 Å². The summed E-state index contributed by atoms with van der Waals surface area (Å²) in [6, 6.07) is 8.74. The first kappa shape index (κ1) is 15.5. The summed E-state index contributed by atoms with van der Waals surface area (Å²) in [6.45, 7) is 0.962. The van der Waals surface area contributed by atoms with E-state index in [0.717, 1.165) is 6.07 Å². The highest BCUT2D eigenvalue weighted by Gasteiger charge is 2.33. The Hall–Kier alpha value is -2.37. The monoisotopic (exact) mass is 320 g/mol. The maximum Gasteiger partial charge on any atom is 0.416 e. The third-order valence-corrected chi connectivity index (χ3v) is 4.07. The van der Waals surface area contributed by atoms with Crippen LogP contribution in [-0.2, 0) is 6.18 Å². The minimum atomic E-state index is -4.35. The van der Waals surface area contributed by atoms with Crippen molar-refractivity contribution in [3.63, 3.8) is 0 Å². The molecule has 1 atom stereocenters. The molecule has 1 saturated heterocycles. The number of aromatic nitrogens is 1. The van der Waals surface area contributed by atoms with E-state index in [9.17, 15) is 18.0 Å². The van der Waals surface area contributed by atoms with Crippen LogP contribution < -0.4 is 0 Å². The summed E-state index contributed by atoms with van der Waals surface area (Å²) in [5.74, 6) is -0.203. The quantitative estimate of drug-likeness (QED) is 0.845. The highest BCUT2D eigenvalue weighted by Crippen LogP contribution is 2.34. The third-order valence-electron chi connectivity index (χ3n) is 4.07. The Morgan fingerprint density at radius 2 is 2.04 bits per heavy atom. The predicted molar refractivity (Wildman–Crippen MR) is 78.9 cm³/mol. The van der Waals surface area contributed by atoms with Crippen LogP contribution >= 0.6 is 0 Å². The molecule has 0 N–H and O–H groups in total. The molecule has 1 aromatic heterocycles. The lowest BCUT2D eigenvalue weighted by atomic mass is 9.96.